The van der Waals surface area contributed by atoms with Crippen molar-refractivity contribution >= 4 is 17.6 Å². The van der Waals surface area contributed by atoms with Crippen LogP contribution in [0.15, 0.2) is 17.8 Å². The molecule has 0 atom stereocenters. The number of carbonyl (C=O) groups is 1. The molecule has 0 radical (unpaired) electrons. The van der Waals surface area contributed by atoms with Crippen LogP contribution in [0.25, 0.3) is 0 Å². The van der Waals surface area contributed by atoms with Gasteiger partial charge < -0.3 is 5.11 Å². The quantitative estimate of drug-likeness (QED) is 0.807. The molecule has 0 saturated heterocycles. The smallest absolute Gasteiger partial charge is 0.339 e. The molecule has 1 N–H and O–H groups in total. The highest BCUT2D eigenvalue weighted by molar-refractivity contribution is 6.29. The van der Waals surface area contributed by atoms with Gasteiger partial charge in [0.25, 0.3) is 0 Å². The van der Waals surface area contributed by atoms with Crippen molar-refractivity contribution in [1.29, 1.82) is 0 Å². The molecule has 70 valence electrons. The Morgan fingerprint density at radius 2 is 2.46 bits per heavy atom. The van der Waals surface area contributed by atoms with Crippen molar-refractivity contribution in [2.24, 2.45) is 0 Å². The summed E-state index contributed by atoms with van der Waals surface area (Å²) in [5.41, 5.74) is 0.670. The Bertz CT molecular complexity index is 357. The normalized spacial score (nSPS) is 10.0. The van der Waals surface area contributed by atoms with E-state index in [2.05, 4.69) is 11.7 Å². The Morgan fingerprint density at radius 3 is 2.85 bits per heavy atom. The van der Waals surface area contributed by atoms with E-state index in [1.54, 1.807) is 6.92 Å². The summed E-state index contributed by atoms with van der Waals surface area (Å²) in [6.07, 6.45) is 1.44. The van der Waals surface area contributed by atoms with Crippen molar-refractivity contribution in [2.45, 2.75) is 13.5 Å². The topological polar surface area (TPSA) is 55.1 Å². The summed E-state index contributed by atoms with van der Waals surface area (Å²) in [7, 11) is 0. The van der Waals surface area contributed by atoms with Crippen LogP contribution in [-0.4, -0.2) is 20.9 Å². The van der Waals surface area contributed by atoms with Gasteiger partial charge in [-0.2, -0.15) is 5.10 Å². The van der Waals surface area contributed by atoms with Gasteiger partial charge in [-0.05, 0) is 6.92 Å². The summed E-state index contributed by atoms with van der Waals surface area (Å²) >= 11 is 5.55. The van der Waals surface area contributed by atoms with Crippen molar-refractivity contribution in [1.82, 2.24) is 9.78 Å². The molecule has 0 aliphatic heterocycles. The zero-order valence-electron chi connectivity index (χ0n) is 7.12. The van der Waals surface area contributed by atoms with Crippen LogP contribution in [-0.2, 0) is 6.54 Å². The highest BCUT2D eigenvalue weighted by Crippen LogP contribution is 2.08. The number of aryl methyl sites for hydroxylation is 1. The summed E-state index contributed by atoms with van der Waals surface area (Å²) in [6, 6.07) is 0. The average molecular weight is 201 g/mol. The molecule has 5 heteroatoms. The van der Waals surface area contributed by atoms with Crippen molar-refractivity contribution in [3.8, 4) is 0 Å². The fourth-order valence-corrected chi connectivity index (χ4v) is 1.11. The Balaban J connectivity index is 2.95. The molecule has 1 rings (SSSR count). The molecule has 1 aromatic rings. The molecule has 1 heterocycles. The third kappa shape index (κ3) is 2.32. The minimum Gasteiger partial charge on any atom is -0.478 e. The Morgan fingerprint density at radius 1 is 1.85 bits per heavy atom. The van der Waals surface area contributed by atoms with Gasteiger partial charge in [0.1, 0.15) is 5.56 Å². The van der Waals surface area contributed by atoms with Gasteiger partial charge in [0.05, 0.1) is 12.2 Å². The lowest BCUT2D eigenvalue weighted by atomic mass is 10.3. The third-order valence-electron chi connectivity index (χ3n) is 1.51. The maximum absolute atomic E-state index is 10.6. The highest BCUT2D eigenvalue weighted by atomic mass is 35.5. The van der Waals surface area contributed by atoms with Gasteiger partial charge in [-0.15, -0.1) is 0 Å². The van der Waals surface area contributed by atoms with Gasteiger partial charge in [0, 0.05) is 11.2 Å². The van der Waals surface area contributed by atoms with Gasteiger partial charge in [-0.3, -0.25) is 4.68 Å². The van der Waals surface area contributed by atoms with Gasteiger partial charge >= 0.3 is 5.97 Å². The largest absolute Gasteiger partial charge is 0.478 e. The summed E-state index contributed by atoms with van der Waals surface area (Å²) in [5.74, 6) is -0.982. The number of carboxylic acid groups (broad SMARTS) is 1. The molecular weight excluding hydrogens is 192 g/mol. The molecule has 0 fully saturated rings. The number of hydrogen-bond acceptors (Lipinski definition) is 2. The van der Waals surface area contributed by atoms with E-state index >= 15 is 0 Å². The first-order chi connectivity index (χ1) is 6.00. The molecule has 13 heavy (non-hydrogen) atoms. The SMILES string of the molecule is C=C(Cl)Cn1cc(C(=O)O)c(C)n1. The van der Waals surface area contributed by atoms with Gasteiger partial charge in [0.2, 0.25) is 0 Å². The second kappa shape index (κ2) is 3.62. The second-order valence-corrected chi connectivity index (χ2v) is 3.18. The van der Waals surface area contributed by atoms with E-state index in [1.165, 1.54) is 10.9 Å². The van der Waals surface area contributed by atoms with Gasteiger partial charge in [-0.1, -0.05) is 18.2 Å². The van der Waals surface area contributed by atoms with Crippen LogP contribution in [0.2, 0.25) is 0 Å². The van der Waals surface area contributed by atoms with E-state index in [4.69, 9.17) is 16.7 Å². The van der Waals surface area contributed by atoms with Gasteiger partial charge in [0.15, 0.2) is 0 Å². The summed E-state index contributed by atoms with van der Waals surface area (Å²) < 4.78 is 1.45. The van der Waals surface area contributed by atoms with Crippen LogP contribution in [0.5, 0.6) is 0 Å². The van der Waals surface area contributed by atoms with Crippen LogP contribution < -0.4 is 0 Å². The molecule has 0 aromatic carbocycles. The number of aromatic nitrogens is 2. The predicted octanol–water partition coefficient (Wildman–Crippen LogP) is 1.64. The lowest BCUT2D eigenvalue weighted by Crippen LogP contribution is -1.98. The van der Waals surface area contributed by atoms with Crippen molar-refractivity contribution in [3.05, 3.63) is 29.1 Å². The molecule has 0 aliphatic carbocycles. The third-order valence-corrected chi connectivity index (χ3v) is 1.63. The maximum Gasteiger partial charge on any atom is 0.339 e. The molecule has 1 aromatic heterocycles. The molecule has 0 amide bonds. The minimum absolute atomic E-state index is 0.193. The minimum atomic E-state index is -0.982. The zero-order chi connectivity index (χ0) is 10.0. The summed E-state index contributed by atoms with van der Waals surface area (Å²) in [6.45, 7) is 5.46. The summed E-state index contributed by atoms with van der Waals surface area (Å²) in [4.78, 5) is 10.6. The Hall–Kier alpha value is -1.29. The van der Waals surface area contributed by atoms with Crippen molar-refractivity contribution < 1.29 is 9.90 Å². The first-order valence-corrected chi connectivity index (χ1v) is 3.99. The monoisotopic (exact) mass is 200 g/mol. The highest BCUT2D eigenvalue weighted by Gasteiger charge is 2.11. The van der Waals surface area contributed by atoms with E-state index in [0.29, 0.717) is 17.3 Å². The van der Waals surface area contributed by atoms with E-state index in [-0.39, 0.29) is 5.56 Å². The van der Waals surface area contributed by atoms with Crippen LogP contribution in [0.4, 0.5) is 0 Å². The molecule has 0 spiro atoms. The molecule has 0 bridgehead atoms. The number of carboxylic acids is 1. The van der Waals surface area contributed by atoms with E-state index in [1.807, 2.05) is 0 Å². The Kier molecular flexibility index (Phi) is 2.72. The lowest BCUT2D eigenvalue weighted by molar-refractivity contribution is 0.0696. The standard InChI is InChI=1S/C8H9ClN2O2/c1-5(9)3-11-4-7(8(12)13)6(2)10-11/h4H,1,3H2,2H3,(H,12,13). The summed E-state index contributed by atoms with van der Waals surface area (Å²) in [5, 5.41) is 13.1. The number of nitrogens with zero attached hydrogens (tertiary/aromatic N) is 2. The molecule has 4 nitrogen and oxygen atoms in total. The van der Waals surface area contributed by atoms with Crippen LogP contribution in [0.1, 0.15) is 16.1 Å². The van der Waals surface area contributed by atoms with E-state index in [9.17, 15) is 4.79 Å². The number of allylic oxidation sites excluding steroid dienone is 1. The maximum atomic E-state index is 10.6. The number of rotatable bonds is 3. The first kappa shape index (κ1) is 9.80. The fraction of sp³-hybridized carbons (Fsp3) is 0.250. The average Bonchev–Trinajstić information content (AvgIpc) is 2.29. The van der Waals surface area contributed by atoms with Crippen molar-refractivity contribution in [2.75, 3.05) is 0 Å². The van der Waals surface area contributed by atoms with Crippen LogP contribution >= 0.6 is 11.6 Å². The fourth-order valence-electron chi connectivity index (χ4n) is 0.985. The molecular formula is C8H9ClN2O2. The number of aromatic carboxylic acids is 1. The molecule has 0 aliphatic rings. The zero-order valence-corrected chi connectivity index (χ0v) is 7.88. The van der Waals surface area contributed by atoms with Crippen molar-refractivity contribution in [3.63, 3.8) is 0 Å². The lowest BCUT2D eigenvalue weighted by Gasteiger charge is -1.95. The number of hydrogen-bond donors (Lipinski definition) is 1. The van der Waals surface area contributed by atoms with Gasteiger partial charge in [-0.25, -0.2) is 4.79 Å². The predicted molar refractivity (Wildman–Crippen MR) is 48.9 cm³/mol. The number of halogens is 1. The molecule has 0 unspecified atom stereocenters. The Labute approximate surface area is 80.4 Å². The first-order valence-electron chi connectivity index (χ1n) is 3.61. The van der Waals surface area contributed by atoms with E-state index in [0.717, 1.165) is 0 Å². The second-order valence-electron chi connectivity index (χ2n) is 2.65. The van der Waals surface area contributed by atoms with Crippen LogP contribution in [0.3, 0.4) is 0 Å². The van der Waals surface area contributed by atoms with Crippen LogP contribution in [0, 0.1) is 6.92 Å². The van der Waals surface area contributed by atoms with E-state index < -0.39 is 5.97 Å². The molecule has 0 saturated carbocycles.